The zero-order chi connectivity index (χ0) is 15.1. The summed E-state index contributed by atoms with van der Waals surface area (Å²) in [5.74, 6) is 0. The van der Waals surface area contributed by atoms with Crippen molar-refractivity contribution in [1.82, 2.24) is 0 Å². The van der Waals surface area contributed by atoms with Crippen molar-refractivity contribution in [2.75, 3.05) is 10.6 Å². The number of aryl methyl sites for hydroxylation is 1. The first-order chi connectivity index (χ1) is 10.2. The van der Waals surface area contributed by atoms with Crippen LogP contribution in [-0.4, -0.2) is 11.2 Å². The number of isothiocyanates is 1. The Morgan fingerprint density at radius 1 is 1.14 bits per heavy atom. The summed E-state index contributed by atoms with van der Waals surface area (Å²) in [7, 11) is 0. The Morgan fingerprint density at radius 3 is 2.48 bits per heavy atom. The number of thiocarbonyl (C=S) groups is 1. The number of carbonyl (C=O) groups is 1. The number of hydrogen-bond acceptors (Lipinski definition) is 3. The fourth-order valence-corrected chi connectivity index (χ4v) is 1.97. The van der Waals surface area contributed by atoms with Gasteiger partial charge in [-0.3, -0.25) is 0 Å². The number of nitrogens with one attached hydrogen (secondary N) is 2. The number of urea groups is 1. The number of hydrogen-bond donors (Lipinski definition) is 2. The van der Waals surface area contributed by atoms with E-state index in [1.165, 1.54) is 5.56 Å². The Kier molecular flexibility index (Phi) is 5.21. The summed E-state index contributed by atoms with van der Waals surface area (Å²) in [6, 6.07) is 14.5. The van der Waals surface area contributed by atoms with Gasteiger partial charge in [0.1, 0.15) is 0 Å². The van der Waals surface area contributed by atoms with Crippen LogP contribution in [0.3, 0.4) is 0 Å². The van der Waals surface area contributed by atoms with Gasteiger partial charge in [0.2, 0.25) is 0 Å². The van der Waals surface area contributed by atoms with Gasteiger partial charge in [0.05, 0.1) is 10.8 Å². The van der Waals surface area contributed by atoms with Crippen LogP contribution < -0.4 is 10.6 Å². The molecule has 2 rings (SSSR count). The van der Waals surface area contributed by atoms with Crippen molar-refractivity contribution < 1.29 is 4.79 Å². The molecule has 0 saturated heterocycles. The third-order valence-electron chi connectivity index (χ3n) is 2.87. The maximum absolute atomic E-state index is 12.0. The molecule has 106 valence electrons. The number of aliphatic imine (C=N–C) groups is 1. The molecule has 2 aromatic rings. The molecule has 2 aromatic carbocycles. The summed E-state index contributed by atoms with van der Waals surface area (Å²) < 4.78 is 0. The summed E-state index contributed by atoms with van der Waals surface area (Å²) in [4.78, 5) is 15.8. The van der Waals surface area contributed by atoms with Crippen LogP contribution in [0.15, 0.2) is 53.5 Å². The highest BCUT2D eigenvalue weighted by molar-refractivity contribution is 7.78. The standard InChI is InChI=1S/C16H15N3OS/c1-2-12-5-3-7-14(9-12)18-16(20)19-15-8-4-6-13(10-15)17-11-21/h3-10H,2H2,1H3,(H2,18,19,20). The first-order valence-corrected chi connectivity index (χ1v) is 6.97. The highest BCUT2D eigenvalue weighted by Gasteiger charge is 2.03. The van der Waals surface area contributed by atoms with Gasteiger partial charge in [-0.25, -0.2) is 4.79 Å². The normalized spacial score (nSPS) is 9.57. The maximum atomic E-state index is 12.0. The van der Waals surface area contributed by atoms with Crippen LogP contribution in [0.5, 0.6) is 0 Å². The second-order valence-corrected chi connectivity index (χ2v) is 4.57. The molecule has 0 aromatic heterocycles. The molecule has 2 N–H and O–H groups in total. The molecule has 5 heteroatoms. The van der Waals surface area contributed by atoms with E-state index in [9.17, 15) is 4.79 Å². The second-order valence-electron chi connectivity index (χ2n) is 4.39. The molecular formula is C16H15N3OS. The SMILES string of the molecule is CCc1cccc(NC(=O)Nc2cccc(N=C=S)c2)c1. The van der Waals surface area contributed by atoms with E-state index in [-0.39, 0.29) is 6.03 Å². The van der Waals surface area contributed by atoms with E-state index in [0.29, 0.717) is 11.4 Å². The monoisotopic (exact) mass is 297 g/mol. The van der Waals surface area contributed by atoms with Crippen molar-refractivity contribution >= 4 is 40.5 Å². The average Bonchev–Trinajstić information content (AvgIpc) is 2.48. The van der Waals surface area contributed by atoms with Crippen molar-refractivity contribution in [3.05, 3.63) is 54.1 Å². The zero-order valence-electron chi connectivity index (χ0n) is 11.6. The third-order valence-corrected chi connectivity index (χ3v) is 2.96. The summed E-state index contributed by atoms with van der Waals surface area (Å²) in [5, 5.41) is 7.85. The smallest absolute Gasteiger partial charge is 0.308 e. The summed E-state index contributed by atoms with van der Waals surface area (Å²) in [6.45, 7) is 2.07. The molecule has 0 radical (unpaired) electrons. The van der Waals surface area contributed by atoms with Gasteiger partial charge in [0, 0.05) is 11.4 Å². The zero-order valence-corrected chi connectivity index (χ0v) is 12.4. The number of rotatable bonds is 4. The molecule has 0 unspecified atom stereocenters. The largest absolute Gasteiger partial charge is 0.323 e. The van der Waals surface area contributed by atoms with Crippen LogP contribution in [-0.2, 0) is 6.42 Å². The number of carbonyl (C=O) groups excluding carboxylic acids is 1. The van der Waals surface area contributed by atoms with Crippen molar-refractivity contribution in [2.45, 2.75) is 13.3 Å². The molecule has 0 aliphatic heterocycles. The third kappa shape index (κ3) is 4.53. The van der Waals surface area contributed by atoms with Crippen LogP contribution >= 0.6 is 12.2 Å². The summed E-state index contributed by atoms with van der Waals surface area (Å²) >= 11 is 4.56. The number of amides is 2. The first-order valence-electron chi connectivity index (χ1n) is 6.56. The fourth-order valence-electron chi connectivity index (χ4n) is 1.87. The first kappa shape index (κ1) is 14.9. The van der Waals surface area contributed by atoms with Crippen molar-refractivity contribution in [3.8, 4) is 0 Å². The van der Waals surface area contributed by atoms with E-state index in [2.05, 4.69) is 39.9 Å². The lowest BCUT2D eigenvalue weighted by Crippen LogP contribution is -2.19. The molecule has 0 aliphatic rings. The van der Waals surface area contributed by atoms with Crippen LogP contribution in [0.2, 0.25) is 0 Å². The molecule has 0 aliphatic carbocycles. The van der Waals surface area contributed by atoms with E-state index in [1.807, 2.05) is 24.3 Å². The van der Waals surface area contributed by atoms with Gasteiger partial charge in [-0.15, -0.1) is 0 Å². The van der Waals surface area contributed by atoms with E-state index in [4.69, 9.17) is 0 Å². The molecule has 21 heavy (non-hydrogen) atoms. The Labute approximate surface area is 128 Å². The molecule has 4 nitrogen and oxygen atoms in total. The van der Waals surface area contributed by atoms with E-state index < -0.39 is 0 Å². The van der Waals surface area contributed by atoms with Crippen LogP contribution in [0.25, 0.3) is 0 Å². The molecule has 0 saturated carbocycles. The van der Waals surface area contributed by atoms with Crippen molar-refractivity contribution in [1.29, 1.82) is 0 Å². The topological polar surface area (TPSA) is 53.5 Å². The molecule has 0 fully saturated rings. The fraction of sp³-hybridized carbons (Fsp3) is 0.125. The number of benzene rings is 2. The highest BCUT2D eigenvalue weighted by atomic mass is 32.1. The molecule has 0 atom stereocenters. The molecule has 0 spiro atoms. The minimum atomic E-state index is -0.299. The molecular weight excluding hydrogens is 282 g/mol. The van der Waals surface area contributed by atoms with E-state index in [0.717, 1.165) is 12.1 Å². The van der Waals surface area contributed by atoms with Gasteiger partial charge in [-0.05, 0) is 54.5 Å². The van der Waals surface area contributed by atoms with Gasteiger partial charge in [-0.2, -0.15) is 4.99 Å². The Balaban J connectivity index is 2.04. The number of anilines is 2. The van der Waals surface area contributed by atoms with Gasteiger partial charge in [-0.1, -0.05) is 25.1 Å². The predicted molar refractivity (Wildman–Crippen MR) is 89.6 cm³/mol. The van der Waals surface area contributed by atoms with Crippen LogP contribution in [0.1, 0.15) is 12.5 Å². The molecule has 0 heterocycles. The molecule has 0 bridgehead atoms. The minimum Gasteiger partial charge on any atom is -0.308 e. The average molecular weight is 297 g/mol. The van der Waals surface area contributed by atoms with Gasteiger partial charge < -0.3 is 10.6 Å². The Bertz CT molecular complexity index is 693. The van der Waals surface area contributed by atoms with E-state index in [1.54, 1.807) is 24.3 Å². The van der Waals surface area contributed by atoms with Crippen molar-refractivity contribution in [2.24, 2.45) is 4.99 Å². The van der Waals surface area contributed by atoms with Gasteiger partial charge in [0.25, 0.3) is 0 Å². The van der Waals surface area contributed by atoms with E-state index >= 15 is 0 Å². The van der Waals surface area contributed by atoms with Gasteiger partial charge >= 0.3 is 6.03 Å². The lowest BCUT2D eigenvalue weighted by atomic mass is 10.1. The second kappa shape index (κ2) is 7.33. The summed E-state index contributed by atoms with van der Waals surface area (Å²) in [6.07, 6.45) is 0.925. The van der Waals surface area contributed by atoms with Crippen LogP contribution in [0.4, 0.5) is 21.9 Å². The molecule has 2 amide bonds. The lowest BCUT2D eigenvalue weighted by molar-refractivity contribution is 0.262. The maximum Gasteiger partial charge on any atom is 0.323 e. The van der Waals surface area contributed by atoms with Crippen molar-refractivity contribution in [3.63, 3.8) is 0 Å². The number of nitrogens with zero attached hydrogens (tertiary/aromatic N) is 1. The quantitative estimate of drug-likeness (QED) is 0.638. The highest BCUT2D eigenvalue weighted by Crippen LogP contribution is 2.18. The van der Waals surface area contributed by atoms with Crippen LogP contribution in [0, 0.1) is 0 Å². The minimum absolute atomic E-state index is 0.299. The summed E-state index contributed by atoms with van der Waals surface area (Å²) in [5.41, 5.74) is 3.23. The van der Waals surface area contributed by atoms with Gasteiger partial charge in [0.15, 0.2) is 0 Å². The predicted octanol–water partition coefficient (Wildman–Crippen LogP) is 4.63. The lowest BCUT2D eigenvalue weighted by Gasteiger charge is -2.09. The Morgan fingerprint density at radius 2 is 1.81 bits per heavy atom. The Hall–Kier alpha value is -2.49.